The highest BCUT2D eigenvalue weighted by molar-refractivity contribution is 5.92. The van der Waals surface area contributed by atoms with E-state index in [1.54, 1.807) is 20.9 Å². The van der Waals surface area contributed by atoms with Gasteiger partial charge in [-0.2, -0.15) is 44.7 Å². The van der Waals surface area contributed by atoms with E-state index in [0.717, 1.165) is 15.6 Å². The van der Waals surface area contributed by atoms with Gasteiger partial charge >= 0.3 is 12.0 Å². The number of aldehydes is 1. The van der Waals surface area contributed by atoms with Crippen molar-refractivity contribution in [1.29, 1.82) is 0 Å². The van der Waals surface area contributed by atoms with Crippen LogP contribution in [0.5, 0.6) is 6.01 Å². The highest BCUT2D eigenvalue weighted by Crippen LogP contribution is 2.32. The predicted octanol–water partition coefficient (Wildman–Crippen LogP) is 1.54. The van der Waals surface area contributed by atoms with Gasteiger partial charge in [0.2, 0.25) is 0 Å². The third-order valence-corrected chi connectivity index (χ3v) is 5.79. The Bertz CT molecular complexity index is 1920. The quantitative estimate of drug-likeness (QED) is 0.151. The number of nitrogens with two attached hydrogens (primary N) is 2. The summed E-state index contributed by atoms with van der Waals surface area (Å²) < 4.78 is 4.78. The number of aryl methyl sites for hydroxylation is 4. The summed E-state index contributed by atoms with van der Waals surface area (Å²) in [5, 5.41) is 52.3. The van der Waals surface area contributed by atoms with Crippen LogP contribution < -0.4 is 11.5 Å². The van der Waals surface area contributed by atoms with Gasteiger partial charge in [0.15, 0.2) is 40.9 Å². The van der Waals surface area contributed by atoms with E-state index in [1.165, 1.54) is 22.6 Å². The maximum absolute atomic E-state index is 11.4. The number of anilines is 2. The smallest absolute Gasteiger partial charge is 0.341 e. The fourth-order valence-electron chi connectivity index (χ4n) is 3.71. The van der Waals surface area contributed by atoms with Gasteiger partial charge in [0.25, 0.3) is 11.9 Å². The van der Waals surface area contributed by atoms with E-state index in [0.29, 0.717) is 17.7 Å². The highest BCUT2D eigenvalue weighted by atomic mass is 16.4. The molecule has 0 spiro atoms. The molecule has 0 unspecified atom stereocenters. The topological polar surface area (TPSA) is 286 Å². The van der Waals surface area contributed by atoms with Crippen molar-refractivity contribution >= 4 is 46.9 Å². The number of nitrogen functional groups attached to an aromatic ring is 2. The monoisotopic (exact) mass is 575 g/mol. The average molecular weight is 576 g/mol. The molecule has 21 nitrogen and oxygen atoms in total. The minimum absolute atomic E-state index is 0.0163. The summed E-state index contributed by atoms with van der Waals surface area (Å²) in [5.41, 5.74) is 13.5. The molecule has 0 saturated heterocycles. The maximum atomic E-state index is 11.4. The fraction of sp³-hybridized carbons (Fsp3) is 0.190. The van der Waals surface area contributed by atoms with Crippen LogP contribution in [0.25, 0.3) is 11.9 Å². The van der Waals surface area contributed by atoms with E-state index in [1.807, 2.05) is 0 Å². The molecule has 0 bridgehead atoms. The zero-order valence-electron chi connectivity index (χ0n) is 22.3. The summed E-state index contributed by atoms with van der Waals surface area (Å²) in [6, 6.07) is -0.701. The van der Waals surface area contributed by atoms with Gasteiger partial charge in [0, 0.05) is 14.1 Å². The molecule has 214 valence electrons. The van der Waals surface area contributed by atoms with Crippen molar-refractivity contribution in [2.45, 2.75) is 13.8 Å². The van der Waals surface area contributed by atoms with E-state index in [9.17, 15) is 19.8 Å². The first-order valence-electron chi connectivity index (χ1n) is 11.7. The van der Waals surface area contributed by atoms with E-state index in [2.05, 4.69) is 55.8 Å². The van der Waals surface area contributed by atoms with Crippen molar-refractivity contribution in [3.63, 3.8) is 0 Å². The van der Waals surface area contributed by atoms with Crippen molar-refractivity contribution < 1.29 is 19.8 Å². The fourth-order valence-corrected chi connectivity index (χ4v) is 3.71. The number of rotatable bonds is 8. The second kappa shape index (κ2) is 10.3. The normalized spacial score (nSPS) is 11.7. The summed E-state index contributed by atoms with van der Waals surface area (Å²) in [7, 11) is 3.10. The molecule has 5 rings (SSSR count). The number of carbonyl (C=O) groups is 2. The molecule has 5 heterocycles. The number of carboxylic acids is 1. The average Bonchev–Trinajstić information content (AvgIpc) is 3.66. The minimum atomic E-state index is -1.23. The molecule has 6 N–H and O–H groups in total. The van der Waals surface area contributed by atoms with Gasteiger partial charge in [-0.1, -0.05) is 0 Å². The molecule has 0 aliphatic rings. The molecule has 0 radical (unpaired) electrons. The molecule has 5 aromatic rings. The molecule has 0 amide bonds. The first-order valence-corrected chi connectivity index (χ1v) is 11.7. The highest BCUT2D eigenvalue weighted by Gasteiger charge is 2.22. The first-order chi connectivity index (χ1) is 20.0. The molecular weight excluding hydrogens is 554 g/mol. The van der Waals surface area contributed by atoms with Gasteiger partial charge in [0.05, 0.1) is 29.3 Å². The third-order valence-electron chi connectivity index (χ3n) is 5.79. The second-order valence-corrected chi connectivity index (χ2v) is 8.57. The molecule has 42 heavy (non-hydrogen) atoms. The summed E-state index contributed by atoms with van der Waals surface area (Å²) in [6.45, 7) is 3.19. The number of aromatic nitrogens is 11. The lowest BCUT2D eigenvalue weighted by atomic mass is 10.3. The first kappa shape index (κ1) is 27.2. The summed E-state index contributed by atoms with van der Waals surface area (Å²) in [5.74, 6) is -1.57. The Morgan fingerprint density at radius 2 is 1.33 bits per heavy atom. The van der Waals surface area contributed by atoms with Crippen molar-refractivity contribution in [1.82, 2.24) is 54.1 Å². The van der Waals surface area contributed by atoms with Crippen LogP contribution >= 0.6 is 0 Å². The molecule has 0 atom stereocenters. The molecule has 0 aromatic carbocycles. The Balaban J connectivity index is 1.52. The summed E-state index contributed by atoms with van der Waals surface area (Å²) in [6.07, 6.45) is 3.08. The maximum Gasteiger partial charge on any atom is 0.341 e. The van der Waals surface area contributed by atoms with Crippen molar-refractivity contribution in [3.05, 3.63) is 34.9 Å². The summed E-state index contributed by atoms with van der Waals surface area (Å²) in [4.78, 5) is 34.8. The standard InChI is InChI=1S/C21H21N17O4/c1-8-12(29-31-16-10(7-39)5-24-35(16)3)14(22)37(33-8)19-26-20(28-21(42)27-19)38-15(23)13(9(2)34-38)30-32-17-11(18(40)41)6-25-36(17)4/h5-7H,22-23H2,1-4H3,(H,40,41)(H,26,27,28,42). The van der Waals surface area contributed by atoms with E-state index in [4.69, 9.17) is 11.5 Å². The van der Waals surface area contributed by atoms with Gasteiger partial charge in [-0.25, -0.2) is 14.2 Å². The number of carboxylic acid groups (broad SMARTS) is 1. The van der Waals surface area contributed by atoms with Gasteiger partial charge in [-0.15, -0.1) is 20.5 Å². The molecule has 0 saturated carbocycles. The van der Waals surface area contributed by atoms with E-state index < -0.39 is 12.0 Å². The number of azo groups is 2. The molecule has 0 aliphatic heterocycles. The largest absolute Gasteiger partial charge is 0.479 e. The molecular formula is C21H21N17O4. The molecule has 0 aliphatic carbocycles. The third kappa shape index (κ3) is 4.65. The van der Waals surface area contributed by atoms with Gasteiger partial charge in [-0.3, -0.25) is 4.79 Å². The number of aromatic carboxylic acids is 1. The number of nitrogens with zero attached hydrogens (tertiary/aromatic N) is 15. The van der Waals surface area contributed by atoms with Crippen molar-refractivity contribution in [2.75, 3.05) is 11.5 Å². The van der Waals surface area contributed by atoms with Gasteiger partial charge in [-0.05, 0) is 13.8 Å². The summed E-state index contributed by atoms with van der Waals surface area (Å²) >= 11 is 0. The number of hydrogen-bond donors (Lipinski definition) is 4. The molecule has 21 heteroatoms. The lowest BCUT2D eigenvalue weighted by Gasteiger charge is -2.06. The zero-order chi connectivity index (χ0) is 30.3. The van der Waals surface area contributed by atoms with E-state index in [-0.39, 0.29) is 57.7 Å². The van der Waals surface area contributed by atoms with Crippen LogP contribution in [0.3, 0.4) is 0 Å². The molecule has 5 aromatic heterocycles. The van der Waals surface area contributed by atoms with Crippen LogP contribution in [0.1, 0.15) is 32.1 Å². The number of hydrogen-bond acceptors (Lipinski definition) is 16. The van der Waals surface area contributed by atoms with Crippen molar-refractivity contribution in [2.24, 2.45) is 34.6 Å². The Kier molecular flexibility index (Phi) is 6.66. The number of carbonyl (C=O) groups excluding carboxylic acids is 1. The van der Waals surface area contributed by atoms with Crippen LogP contribution in [0.2, 0.25) is 0 Å². The van der Waals surface area contributed by atoms with Gasteiger partial charge < -0.3 is 21.7 Å². The zero-order valence-corrected chi connectivity index (χ0v) is 22.3. The molecule has 0 fully saturated rings. The van der Waals surface area contributed by atoms with Crippen LogP contribution in [0, 0.1) is 13.8 Å². The predicted molar refractivity (Wildman–Crippen MR) is 141 cm³/mol. The Morgan fingerprint density at radius 3 is 1.86 bits per heavy atom. The SMILES string of the molecule is Cc1nn(-c2nc(O)nc(-n3nc(C)c(N=Nc4c(C(=O)O)cnn4C)c3N)n2)c(N)c1N=Nc1c(C=O)cnn1C. The Hall–Kier alpha value is -6.41. The van der Waals surface area contributed by atoms with Crippen LogP contribution in [0.15, 0.2) is 32.9 Å². The van der Waals surface area contributed by atoms with Crippen LogP contribution in [-0.4, -0.2) is 76.5 Å². The number of aromatic hydroxyl groups is 1. The van der Waals surface area contributed by atoms with Gasteiger partial charge in [0.1, 0.15) is 5.56 Å². The van der Waals surface area contributed by atoms with Crippen LogP contribution in [-0.2, 0) is 14.1 Å². The van der Waals surface area contributed by atoms with E-state index >= 15 is 0 Å². The lowest BCUT2D eigenvalue weighted by molar-refractivity contribution is 0.0697. The Labute approximate surface area is 233 Å². The van der Waals surface area contributed by atoms with Crippen molar-refractivity contribution in [3.8, 4) is 17.9 Å². The second-order valence-electron chi connectivity index (χ2n) is 8.57. The Morgan fingerprint density at radius 1 is 0.833 bits per heavy atom. The minimum Gasteiger partial charge on any atom is -0.479 e. The lowest BCUT2D eigenvalue weighted by Crippen LogP contribution is -2.13. The van der Waals surface area contributed by atoms with Crippen LogP contribution in [0.4, 0.5) is 34.6 Å².